The monoisotopic (exact) mass is 347 g/mol. The molecule has 0 aliphatic heterocycles. The van der Waals surface area contributed by atoms with Crippen LogP contribution in [0.2, 0.25) is 0 Å². The fraction of sp³-hybridized carbons (Fsp3) is 0.133. The van der Waals surface area contributed by atoms with Crippen molar-refractivity contribution in [2.45, 2.75) is 0 Å². The maximum absolute atomic E-state index is 11.9. The van der Waals surface area contributed by atoms with Gasteiger partial charge in [0.25, 0.3) is 5.91 Å². The number of carbonyl (C=O) groups is 2. The largest absolute Gasteiger partial charge is 0.451 e. The van der Waals surface area contributed by atoms with Crippen molar-refractivity contribution in [3.8, 4) is 0 Å². The van der Waals surface area contributed by atoms with Gasteiger partial charge in [0.15, 0.2) is 11.7 Å². The molecule has 8 heteroatoms. The SMILES string of the molecule is CNC(=O)COC(=O)c1cc2sc(Nc3ccccc3)nc2s1. The lowest BCUT2D eigenvalue weighted by Gasteiger charge is -2.01. The van der Waals surface area contributed by atoms with Gasteiger partial charge >= 0.3 is 5.97 Å². The molecule has 2 N–H and O–H groups in total. The average Bonchev–Trinajstić information content (AvgIpc) is 3.11. The number of para-hydroxylation sites is 1. The van der Waals surface area contributed by atoms with Crippen molar-refractivity contribution in [1.29, 1.82) is 0 Å². The summed E-state index contributed by atoms with van der Waals surface area (Å²) in [5.74, 6) is -0.856. The Morgan fingerprint density at radius 2 is 2.00 bits per heavy atom. The summed E-state index contributed by atoms with van der Waals surface area (Å²) in [6.45, 7) is -0.283. The number of likely N-dealkylation sites (N-methyl/N-ethyl adjacent to an activating group) is 1. The van der Waals surface area contributed by atoms with Crippen molar-refractivity contribution in [1.82, 2.24) is 10.3 Å². The number of nitrogens with zero attached hydrogens (tertiary/aromatic N) is 1. The molecule has 2 aromatic heterocycles. The molecule has 23 heavy (non-hydrogen) atoms. The molecule has 0 fully saturated rings. The van der Waals surface area contributed by atoms with E-state index in [9.17, 15) is 9.59 Å². The zero-order valence-corrected chi connectivity index (χ0v) is 13.8. The molecule has 3 rings (SSSR count). The molecule has 0 unspecified atom stereocenters. The van der Waals surface area contributed by atoms with Crippen LogP contribution in [0.1, 0.15) is 9.67 Å². The lowest BCUT2D eigenvalue weighted by Crippen LogP contribution is -2.24. The Labute approximate surface area is 140 Å². The highest BCUT2D eigenvalue weighted by molar-refractivity contribution is 7.29. The summed E-state index contributed by atoms with van der Waals surface area (Å²) in [5.41, 5.74) is 0.958. The van der Waals surface area contributed by atoms with E-state index >= 15 is 0 Å². The second-order valence-corrected chi connectivity index (χ2v) is 6.60. The second kappa shape index (κ2) is 6.76. The van der Waals surface area contributed by atoms with Crippen molar-refractivity contribution >= 4 is 54.9 Å². The summed E-state index contributed by atoms with van der Waals surface area (Å²) in [6.07, 6.45) is 0. The standard InChI is InChI=1S/C15H13N3O3S2/c1-16-12(19)8-21-14(20)11-7-10-13(22-11)18-15(23-10)17-9-5-3-2-4-6-9/h2-7H,8H2,1H3,(H,16,19)(H,17,18). The minimum absolute atomic E-state index is 0.283. The minimum Gasteiger partial charge on any atom is -0.451 e. The van der Waals surface area contributed by atoms with E-state index in [0.717, 1.165) is 20.3 Å². The number of benzene rings is 1. The van der Waals surface area contributed by atoms with E-state index in [1.165, 1.54) is 29.7 Å². The Bertz CT molecular complexity index is 811. The van der Waals surface area contributed by atoms with Crippen LogP contribution in [-0.4, -0.2) is 30.5 Å². The Hall–Kier alpha value is -2.45. The van der Waals surface area contributed by atoms with Crippen LogP contribution in [0.4, 0.5) is 10.8 Å². The summed E-state index contributed by atoms with van der Waals surface area (Å²) in [6, 6.07) is 11.5. The first-order valence-corrected chi connectivity index (χ1v) is 8.39. The molecule has 118 valence electrons. The van der Waals surface area contributed by atoms with E-state index in [-0.39, 0.29) is 12.5 Å². The number of hydrogen-bond donors (Lipinski definition) is 2. The zero-order chi connectivity index (χ0) is 16.2. The van der Waals surface area contributed by atoms with E-state index in [4.69, 9.17) is 4.74 Å². The van der Waals surface area contributed by atoms with Crippen LogP contribution in [0.5, 0.6) is 0 Å². The highest BCUT2D eigenvalue weighted by atomic mass is 32.1. The topological polar surface area (TPSA) is 80.3 Å². The molecule has 0 spiro atoms. The second-order valence-electron chi connectivity index (χ2n) is 4.54. The first kappa shape index (κ1) is 15.4. The quantitative estimate of drug-likeness (QED) is 0.694. The highest BCUT2D eigenvalue weighted by Gasteiger charge is 2.16. The maximum atomic E-state index is 11.9. The molecule has 3 aromatic rings. The smallest absolute Gasteiger partial charge is 0.348 e. The van der Waals surface area contributed by atoms with Gasteiger partial charge in [-0.05, 0) is 18.2 Å². The Balaban J connectivity index is 1.70. The summed E-state index contributed by atoms with van der Waals surface area (Å²) < 4.78 is 5.83. The predicted molar refractivity (Wildman–Crippen MR) is 91.6 cm³/mol. The van der Waals surface area contributed by atoms with E-state index in [1.807, 2.05) is 30.3 Å². The molecule has 1 aromatic carbocycles. The number of thiophene rings is 1. The predicted octanol–water partition coefficient (Wildman–Crippen LogP) is 3.00. The number of esters is 1. The van der Waals surface area contributed by atoms with Crippen molar-refractivity contribution in [2.75, 3.05) is 19.0 Å². The molecule has 0 saturated heterocycles. The normalized spacial score (nSPS) is 10.5. The van der Waals surface area contributed by atoms with Gasteiger partial charge in [-0.2, -0.15) is 0 Å². The fourth-order valence-electron chi connectivity index (χ4n) is 1.81. The number of rotatable bonds is 5. The maximum Gasteiger partial charge on any atom is 0.348 e. The summed E-state index contributed by atoms with van der Waals surface area (Å²) >= 11 is 2.71. The number of ether oxygens (including phenoxy) is 1. The molecular formula is C15H13N3O3S2. The number of nitrogens with one attached hydrogen (secondary N) is 2. The third-order valence-corrected chi connectivity index (χ3v) is 4.98. The Kier molecular flexibility index (Phi) is 4.54. The number of fused-ring (bicyclic) bond motifs is 1. The highest BCUT2D eigenvalue weighted by Crippen LogP contribution is 2.34. The van der Waals surface area contributed by atoms with Gasteiger partial charge in [0, 0.05) is 12.7 Å². The molecule has 0 radical (unpaired) electrons. The van der Waals surface area contributed by atoms with E-state index in [2.05, 4.69) is 15.6 Å². The Morgan fingerprint density at radius 1 is 1.22 bits per heavy atom. The first-order valence-electron chi connectivity index (χ1n) is 6.76. The van der Waals surface area contributed by atoms with Gasteiger partial charge in [0.05, 0.1) is 4.70 Å². The van der Waals surface area contributed by atoms with Crippen LogP contribution in [-0.2, 0) is 9.53 Å². The summed E-state index contributed by atoms with van der Waals surface area (Å²) in [7, 11) is 1.49. The van der Waals surface area contributed by atoms with Gasteiger partial charge in [0.2, 0.25) is 0 Å². The number of thiazole rings is 1. The number of amides is 1. The molecule has 0 saturated carbocycles. The Morgan fingerprint density at radius 3 is 2.70 bits per heavy atom. The summed E-state index contributed by atoms with van der Waals surface area (Å²) in [4.78, 5) is 28.6. The van der Waals surface area contributed by atoms with Crippen molar-refractivity contribution in [3.63, 3.8) is 0 Å². The zero-order valence-electron chi connectivity index (χ0n) is 12.2. The van der Waals surface area contributed by atoms with Crippen LogP contribution in [0.3, 0.4) is 0 Å². The van der Waals surface area contributed by atoms with Crippen LogP contribution >= 0.6 is 22.7 Å². The molecule has 6 nitrogen and oxygen atoms in total. The lowest BCUT2D eigenvalue weighted by molar-refractivity contribution is -0.123. The number of hydrogen-bond acceptors (Lipinski definition) is 7. The average molecular weight is 347 g/mol. The van der Waals surface area contributed by atoms with Gasteiger partial charge in [0.1, 0.15) is 9.71 Å². The first-order chi connectivity index (χ1) is 11.2. The molecule has 1 amide bonds. The molecule has 0 atom stereocenters. The lowest BCUT2D eigenvalue weighted by atomic mass is 10.3. The van der Waals surface area contributed by atoms with Crippen LogP contribution in [0.25, 0.3) is 9.53 Å². The van der Waals surface area contributed by atoms with Crippen LogP contribution < -0.4 is 10.6 Å². The minimum atomic E-state index is -0.513. The number of aromatic nitrogens is 1. The van der Waals surface area contributed by atoms with Gasteiger partial charge in [-0.3, -0.25) is 4.79 Å². The van der Waals surface area contributed by atoms with Crippen molar-refractivity contribution in [2.24, 2.45) is 0 Å². The van der Waals surface area contributed by atoms with Crippen LogP contribution in [0.15, 0.2) is 36.4 Å². The third kappa shape index (κ3) is 3.66. The van der Waals surface area contributed by atoms with Gasteiger partial charge in [-0.25, -0.2) is 9.78 Å². The van der Waals surface area contributed by atoms with Crippen LogP contribution in [0, 0.1) is 0 Å². The molecule has 0 bridgehead atoms. The van der Waals surface area contributed by atoms with Crippen molar-refractivity contribution < 1.29 is 14.3 Å². The molecule has 0 aliphatic carbocycles. The summed E-state index contributed by atoms with van der Waals surface area (Å²) in [5, 5.41) is 6.38. The van der Waals surface area contributed by atoms with E-state index < -0.39 is 5.97 Å². The van der Waals surface area contributed by atoms with Gasteiger partial charge in [-0.15, -0.1) is 11.3 Å². The fourth-order valence-corrected chi connectivity index (χ4v) is 3.84. The number of carbonyl (C=O) groups excluding carboxylic acids is 2. The van der Waals surface area contributed by atoms with E-state index in [0.29, 0.717) is 4.88 Å². The molecular weight excluding hydrogens is 334 g/mol. The number of anilines is 2. The van der Waals surface area contributed by atoms with Crippen molar-refractivity contribution in [3.05, 3.63) is 41.3 Å². The van der Waals surface area contributed by atoms with E-state index in [1.54, 1.807) is 6.07 Å². The molecule has 2 heterocycles. The third-order valence-electron chi connectivity index (χ3n) is 2.93. The molecule has 0 aliphatic rings. The van der Waals surface area contributed by atoms with Gasteiger partial charge in [-0.1, -0.05) is 29.5 Å². The van der Waals surface area contributed by atoms with Gasteiger partial charge < -0.3 is 15.4 Å².